The Hall–Kier alpha value is -1.63. The smallest absolute Gasteiger partial charge is 0.308 e. The molecule has 1 aromatic heterocycles. The maximum Gasteiger partial charge on any atom is 0.308 e. The normalized spacial score (nSPS) is 21.0. The summed E-state index contributed by atoms with van der Waals surface area (Å²) < 4.78 is 5.13. The summed E-state index contributed by atoms with van der Waals surface area (Å²) >= 11 is 1.76. The van der Waals surface area contributed by atoms with Gasteiger partial charge in [0.15, 0.2) is 5.96 Å². The Labute approximate surface area is 154 Å². The molecule has 6 nitrogen and oxygen atoms in total. The number of hydrogen-bond donors (Lipinski definition) is 2. The average molecular weight is 367 g/mol. The topological polar surface area (TPSA) is 75.6 Å². The third kappa shape index (κ3) is 5.99. The van der Waals surface area contributed by atoms with Crippen LogP contribution in [-0.2, 0) is 16.0 Å². The van der Waals surface area contributed by atoms with Gasteiger partial charge in [0.05, 0.1) is 23.2 Å². The molecule has 1 saturated carbocycles. The zero-order valence-corrected chi connectivity index (χ0v) is 16.5. The van der Waals surface area contributed by atoms with Crippen LogP contribution < -0.4 is 10.6 Å². The van der Waals surface area contributed by atoms with Crippen LogP contribution in [0.2, 0.25) is 0 Å². The van der Waals surface area contributed by atoms with Crippen LogP contribution in [0.4, 0.5) is 0 Å². The summed E-state index contributed by atoms with van der Waals surface area (Å²) in [6.45, 7) is 7.26. The van der Waals surface area contributed by atoms with E-state index in [1.54, 1.807) is 18.4 Å². The number of nitrogens with one attached hydrogen (secondary N) is 2. The number of aryl methyl sites for hydroxylation is 2. The van der Waals surface area contributed by atoms with Crippen molar-refractivity contribution in [2.45, 2.75) is 58.9 Å². The predicted octanol–water partition coefficient (Wildman–Crippen LogP) is 2.59. The van der Waals surface area contributed by atoms with Gasteiger partial charge < -0.3 is 15.4 Å². The highest BCUT2D eigenvalue weighted by Crippen LogP contribution is 2.25. The minimum Gasteiger partial charge on any atom is -0.466 e. The Balaban J connectivity index is 1.72. The van der Waals surface area contributed by atoms with Crippen molar-refractivity contribution in [3.05, 3.63) is 15.6 Å². The van der Waals surface area contributed by atoms with Crippen LogP contribution >= 0.6 is 11.3 Å². The molecule has 25 heavy (non-hydrogen) atoms. The molecule has 140 valence electrons. The summed E-state index contributed by atoms with van der Waals surface area (Å²) in [7, 11) is 1.79. The van der Waals surface area contributed by atoms with E-state index in [1.807, 2.05) is 13.8 Å². The summed E-state index contributed by atoms with van der Waals surface area (Å²) in [5.74, 6) is 0.850. The average Bonchev–Trinajstić information content (AvgIpc) is 2.92. The highest BCUT2D eigenvalue weighted by molar-refractivity contribution is 7.11. The van der Waals surface area contributed by atoms with Gasteiger partial charge in [-0.1, -0.05) is 0 Å². The molecule has 0 unspecified atom stereocenters. The predicted molar refractivity (Wildman–Crippen MR) is 102 cm³/mol. The second kappa shape index (κ2) is 9.75. The summed E-state index contributed by atoms with van der Waals surface area (Å²) in [6.07, 6.45) is 4.65. The lowest BCUT2D eigenvalue weighted by Crippen LogP contribution is -2.45. The molecule has 0 amide bonds. The number of esters is 1. The minimum absolute atomic E-state index is 0.0429. The molecule has 7 heteroatoms. The van der Waals surface area contributed by atoms with Crippen molar-refractivity contribution in [3.63, 3.8) is 0 Å². The van der Waals surface area contributed by atoms with Crippen molar-refractivity contribution >= 4 is 23.3 Å². The summed E-state index contributed by atoms with van der Waals surface area (Å²) in [5, 5.41) is 7.98. The van der Waals surface area contributed by atoms with Gasteiger partial charge in [-0.25, -0.2) is 4.98 Å². The lowest BCUT2D eigenvalue weighted by molar-refractivity contribution is -0.149. The van der Waals surface area contributed by atoms with E-state index < -0.39 is 0 Å². The van der Waals surface area contributed by atoms with E-state index in [1.165, 1.54) is 4.88 Å². The first kappa shape index (κ1) is 19.7. The van der Waals surface area contributed by atoms with Crippen LogP contribution in [0.5, 0.6) is 0 Å². The Kier molecular flexibility index (Phi) is 7.68. The fourth-order valence-corrected chi connectivity index (χ4v) is 4.16. The second-order valence-corrected chi connectivity index (χ2v) is 7.72. The van der Waals surface area contributed by atoms with Crippen molar-refractivity contribution in [2.75, 3.05) is 20.2 Å². The largest absolute Gasteiger partial charge is 0.466 e. The van der Waals surface area contributed by atoms with Gasteiger partial charge in [-0.05, 0) is 46.5 Å². The van der Waals surface area contributed by atoms with Crippen molar-refractivity contribution in [1.29, 1.82) is 0 Å². The SMILES string of the molecule is CCOC(=O)C1CCC(NC(=NC)NCCc2sc(C)nc2C)CC1. The summed E-state index contributed by atoms with van der Waals surface area (Å²) in [6, 6.07) is 0.365. The molecular weight excluding hydrogens is 336 g/mol. The molecule has 0 aliphatic heterocycles. The van der Waals surface area contributed by atoms with Gasteiger partial charge in [0.2, 0.25) is 0 Å². The molecule has 1 aliphatic carbocycles. The minimum atomic E-state index is -0.0429. The number of rotatable bonds is 6. The maximum atomic E-state index is 11.8. The van der Waals surface area contributed by atoms with E-state index >= 15 is 0 Å². The van der Waals surface area contributed by atoms with Gasteiger partial charge in [0, 0.05) is 30.9 Å². The van der Waals surface area contributed by atoms with Gasteiger partial charge in [-0.3, -0.25) is 9.79 Å². The first-order valence-corrected chi connectivity index (χ1v) is 9.91. The Bertz CT molecular complexity index is 592. The van der Waals surface area contributed by atoms with Crippen LogP contribution in [-0.4, -0.2) is 43.2 Å². The molecule has 1 aromatic rings. The first-order chi connectivity index (χ1) is 12.0. The van der Waals surface area contributed by atoms with E-state index in [0.717, 1.165) is 55.3 Å². The Morgan fingerprint density at radius 2 is 2.04 bits per heavy atom. The zero-order valence-electron chi connectivity index (χ0n) is 15.7. The standard InChI is InChI=1S/C18H30N4O2S/c1-5-24-17(23)14-6-8-15(9-7-14)22-18(19-4)20-11-10-16-12(2)21-13(3)25-16/h14-15H,5-11H2,1-4H3,(H2,19,20,22). The zero-order chi connectivity index (χ0) is 18.2. The number of thiazole rings is 1. The molecule has 0 bridgehead atoms. The van der Waals surface area contributed by atoms with E-state index in [-0.39, 0.29) is 11.9 Å². The number of carbonyl (C=O) groups is 1. The maximum absolute atomic E-state index is 11.8. The third-order valence-corrected chi connectivity index (χ3v) is 5.69. The molecule has 1 aliphatic rings. The lowest BCUT2D eigenvalue weighted by atomic mass is 9.86. The Morgan fingerprint density at radius 3 is 2.60 bits per heavy atom. The van der Waals surface area contributed by atoms with Gasteiger partial charge in [0.1, 0.15) is 0 Å². The number of aliphatic imine (C=N–C) groups is 1. The van der Waals surface area contributed by atoms with Gasteiger partial charge in [0.25, 0.3) is 0 Å². The number of ether oxygens (including phenoxy) is 1. The highest BCUT2D eigenvalue weighted by Gasteiger charge is 2.27. The van der Waals surface area contributed by atoms with Gasteiger partial charge in [-0.15, -0.1) is 11.3 Å². The molecule has 0 spiro atoms. The number of guanidine groups is 1. The quantitative estimate of drug-likeness (QED) is 0.460. The molecule has 0 radical (unpaired) electrons. The molecule has 2 N–H and O–H groups in total. The lowest BCUT2D eigenvalue weighted by Gasteiger charge is -2.29. The second-order valence-electron chi connectivity index (χ2n) is 6.44. The number of hydrogen-bond acceptors (Lipinski definition) is 5. The monoisotopic (exact) mass is 366 g/mol. The van der Waals surface area contributed by atoms with E-state index in [4.69, 9.17) is 4.74 Å². The molecule has 0 saturated heterocycles. The van der Waals surface area contributed by atoms with Crippen LogP contribution in [0.1, 0.15) is 48.2 Å². The van der Waals surface area contributed by atoms with Gasteiger partial charge in [-0.2, -0.15) is 0 Å². The summed E-state index contributed by atoms with van der Waals surface area (Å²) in [4.78, 5) is 21.9. The Morgan fingerprint density at radius 1 is 1.32 bits per heavy atom. The molecule has 1 heterocycles. The first-order valence-electron chi connectivity index (χ1n) is 9.10. The summed E-state index contributed by atoms with van der Waals surface area (Å²) in [5.41, 5.74) is 1.13. The molecular formula is C18H30N4O2S. The highest BCUT2D eigenvalue weighted by atomic mass is 32.1. The van der Waals surface area contributed by atoms with Crippen LogP contribution in [0, 0.1) is 19.8 Å². The molecule has 2 rings (SSSR count). The van der Waals surface area contributed by atoms with Crippen LogP contribution in [0.3, 0.4) is 0 Å². The fraction of sp³-hybridized carbons (Fsp3) is 0.722. The molecule has 0 aromatic carbocycles. The van der Waals surface area contributed by atoms with Crippen molar-refractivity contribution in [1.82, 2.24) is 15.6 Å². The number of carbonyl (C=O) groups excluding carboxylic acids is 1. The number of aromatic nitrogens is 1. The number of nitrogens with zero attached hydrogens (tertiary/aromatic N) is 2. The fourth-order valence-electron chi connectivity index (χ4n) is 3.22. The van der Waals surface area contributed by atoms with E-state index in [2.05, 4.69) is 27.5 Å². The van der Waals surface area contributed by atoms with E-state index in [9.17, 15) is 4.79 Å². The van der Waals surface area contributed by atoms with Crippen molar-refractivity contribution < 1.29 is 9.53 Å². The van der Waals surface area contributed by atoms with Crippen molar-refractivity contribution in [3.8, 4) is 0 Å². The molecule has 1 fully saturated rings. The van der Waals surface area contributed by atoms with Crippen LogP contribution in [0.25, 0.3) is 0 Å². The van der Waals surface area contributed by atoms with E-state index in [0.29, 0.717) is 12.6 Å². The third-order valence-electron chi connectivity index (χ3n) is 4.56. The molecule has 0 atom stereocenters. The van der Waals surface area contributed by atoms with Gasteiger partial charge >= 0.3 is 5.97 Å². The van der Waals surface area contributed by atoms with Crippen LogP contribution in [0.15, 0.2) is 4.99 Å². The van der Waals surface area contributed by atoms with Crippen molar-refractivity contribution in [2.24, 2.45) is 10.9 Å².